The highest BCUT2D eigenvalue weighted by Crippen LogP contribution is 2.34. The van der Waals surface area contributed by atoms with Crippen LogP contribution in [0.3, 0.4) is 0 Å². The zero-order chi connectivity index (χ0) is 14.0. The van der Waals surface area contributed by atoms with Gasteiger partial charge in [0.2, 0.25) is 0 Å². The molecule has 4 nitrogen and oxygen atoms in total. The molecule has 104 valence electrons. The predicted molar refractivity (Wildman–Crippen MR) is 73.2 cm³/mol. The lowest BCUT2D eigenvalue weighted by Crippen LogP contribution is -2.16. The first-order valence-corrected chi connectivity index (χ1v) is 7.03. The third-order valence-electron chi connectivity index (χ3n) is 4.15. The van der Waals surface area contributed by atoms with E-state index in [0.29, 0.717) is 5.92 Å². The Hall–Kier alpha value is -1.45. The number of carbonyl (C=O) groups is 1. The lowest BCUT2D eigenvalue weighted by atomic mass is 9.82. The van der Waals surface area contributed by atoms with E-state index in [1.54, 1.807) is 0 Å². The summed E-state index contributed by atoms with van der Waals surface area (Å²) in [5, 5.41) is 8.91. The molecule has 0 aromatic carbocycles. The second-order valence-corrected chi connectivity index (χ2v) is 5.76. The average Bonchev–Trinajstić information content (AvgIpc) is 2.34. The molecule has 0 radical (unpaired) electrons. The number of aliphatic carboxylic acids is 1. The quantitative estimate of drug-likeness (QED) is 0.909. The highest BCUT2D eigenvalue weighted by molar-refractivity contribution is 5.70. The summed E-state index contributed by atoms with van der Waals surface area (Å²) in [7, 11) is 0. The molecule has 2 rings (SSSR count). The van der Waals surface area contributed by atoms with Crippen molar-refractivity contribution in [3.63, 3.8) is 0 Å². The van der Waals surface area contributed by atoms with E-state index in [4.69, 9.17) is 5.11 Å². The molecular weight excluding hydrogens is 240 g/mol. The van der Waals surface area contributed by atoms with Crippen LogP contribution in [0.4, 0.5) is 0 Å². The molecule has 0 unspecified atom stereocenters. The molecule has 0 saturated heterocycles. The van der Waals surface area contributed by atoms with E-state index in [-0.39, 0.29) is 6.42 Å². The molecule has 1 aliphatic rings. The van der Waals surface area contributed by atoms with Gasteiger partial charge < -0.3 is 5.11 Å². The first-order chi connectivity index (χ1) is 8.97. The Morgan fingerprint density at radius 1 is 1.16 bits per heavy atom. The Kier molecular flexibility index (Phi) is 4.17. The summed E-state index contributed by atoms with van der Waals surface area (Å²) >= 11 is 0. The third kappa shape index (κ3) is 3.31. The van der Waals surface area contributed by atoms with Crippen LogP contribution in [-0.2, 0) is 11.2 Å². The van der Waals surface area contributed by atoms with Crippen LogP contribution in [0.2, 0.25) is 0 Å². The molecule has 1 heterocycles. The molecule has 0 amide bonds. The van der Waals surface area contributed by atoms with Crippen LogP contribution < -0.4 is 0 Å². The van der Waals surface area contributed by atoms with Gasteiger partial charge in [-0.25, -0.2) is 9.97 Å². The topological polar surface area (TPSA) is 63.1 Å². The molecule has 1 saturated carbocycles. The fourth-order valence-electron chi connectivity index (χ4n) is 2.87. The van der Waals surface area contributed by atoms with Crippen molar-refractivity contribution in [2.45, 2.75) is 58.8 Å². The Bertz CT molecular complexity index is 454. The van der Waals surface area contributed by atoms with Crippen molar-refractivity contribution in [1.29, 1.82) is 0 Å². The number of aryl methyl sites for hydroxylation is 2. The SMILES string of the molecule is Cc1nc(C2CCC(C)CC2)nc(C)c1CC(=O)O. The highest BCUT2D eigenvalue weighted by Gasteiger charge is 2.23. The van der Waals surface area contributed by atoms with Crippen LogP contribution in [-0.4, -0.2) is 21.0 Å². The lowest BCUT2D eigenvalue weighted by Gasteiger charge is -2.25. The van der Waals surface area contributed by atoms with Gasteiger partial charge in [-0.3, -0.25) is 4.79 Å². The maximum atomic E-state index is 10.8. The first kappa shape index (κ1) is 14.0. The molecule has 1 aromatic heterocycles. The van der Waals surface area contributed by atoms with Gasteiger partial charge in [-0.05, 0) is 32.6 Å². The zero-order valence-corrected chi connectivity index (χ0v) is 11.9. The number of hydrogen-bond donors (Lipinski definition) is 1. The third-order valence-corrected chi connectivity index (χ3v) is 4.15. The predicted octanol–water partition coefficient (Wildman–Crippen LogP) is 3.01. The summed E-state index contributed by atoms with van der Waals surface area (Å²) in [6.07, 6.45) is 4.79. The molecule has 0 aliphatic heterocycles. The number of nitrogens with zero attached hydrogens (tertiary/aromatic N) is 2. The van der Waals surface area contributed by atoms with Gasteiger partial charge in [0.25, 0.3) is 0 Å². The summed E-state index contributed by atoms with van der Waals surface area (Å²) in [5.41, 5.74) is 2.41. The molecule has 0 bridgehead atoms. The van der Waals surface area contributed by atoms with Gasteiger partial charge in [0.1, 0.15) is 5.82 Å². The monoisotopic (exact) mass is 262 g/mol. The largest absolute Gasteiger partial charge is 0.481 e. The van der Waals surface area contributed by atoms with Gasteiger partial charge in [0.05, 0.1) is 6.42 Å². The molecule has 0 spiro atoms. The van der Waals surface area contributed by atoms with Gasteiger partial charge in [-0.2, -0.15) is 0 Å². The van der Waals surface area contributed by atoms with Gasteiger partial charge >= 0.3 is 5.97 Å². The van der Waals surface area contributed by atoms with Crippen LogP contribution in [0.1, 0.15) is 61.3 Å². The maximum absolute atomic E-state index is 10.8. The van der Waals surface area contributed by atoms with Crippen molar-refractivity contribution < 1.29 is 9.90 Å². The molecule has 1 aromatic rings. The van der Waals surface area contributed by atoms with Crippen molar-refractivity contribution in [1.82, 2.24) is 9.97 Å². The van der Waals surface area contributed by atoms with Gasteiger partial charge in [0.15, 0.2) is 0 Å². The van der Waals surface area contributed by atoms with Gasteiger partial charge in [-0.15, -0.1) is 0 Å². The van der Waals surface area contributed by atoms with Crippen molar-refractivity contribution in [3.05, 3.63) is 22.8 Å². The van der Waals surface area contributed by atoms with Gasteiger partial charge in [-0.1, -0.05) is 19.8 Å². The Morgan fingerprint density at radius 3 is 2.16 bits per heavy atom. The highest BCUT2D eigenvalue weighted by atomic mass is 16.4. The lowest BCUT2D eigenvalue weighted by molar-refractivity contribution is -0.136. The number of hydrogen-bond acceptors (Lipinski definition) is 3. The van der Waals surface area contributed by atoms with E-state index >= 15 is 0 Å². The van der Waals surface area contributed by atoms with Crippen LogP contribution in [0.15, 0.2) is 0 Å². The van der Waals surface area contributed by atoms with E-state index in [9.17, 15) is 4.79 Å². The number of carboxylic acid groups (broad SMARTS) is 1. The van der Waals surface area contributed by atoms with Crippen LogP contribution >= 0.6 is 0 Å². The van der Waals surface area contributed by atoms with E-state index < -0.39 is 5.97 Å². The molecule has 1 N–H and O–H groups in total. The molecular formula is C15H22N2O2. The summed E-state index contributed by atoms with van der Waals surface area (Å²) < 4.78 is 0. The standard InChI is InChI=1S/C15H22N2O2/c1-9-4-6-12(7-5-9)15-16-10(2)13(8-14(18)19)11(3)17-15/h9,12H,4-8H2,1-3H3,(H,18,19). The minimum absolute atomic E-state index is 0.0135. The molecule has 0 atom stereocenters. The first-order valence-electron chi connectivity index (χ1n) is 7.03. The van der Waals surface area contributed by atoms with Gasteiger partial charge in [0, 0.05) is 22.9 Å². The molecule has 1 aliphatic carbocycles. The normalized spacial score (nSPS) is 23.3. The van der Waals surface area contributed by atoms with E-state index in [1.807, 2.05) is 13.8 Å². The van der Waals surface area contributed by atoms with Crippen LogP contribution in [0, 0.1) is 19.8 Å². The average molecular weight is 262 g/mol. The van der Waals surface area contributed by atoms with Crippen molar-refractivity contribution >= 4 is 5.97 Å². The second kappa shape index (κ2) is 5.68. The fourth-order valence-corrected chi connectivity index (χ4v) is 2.87. The van der Waals surface area contributed by atoms with Crippen molar-refractivity contribution in [2.24, 2.45) is 5.92 Å². The fraction of sp³-hybridized carbons (Fsp3) is 0.667. The van der Waals surface area contributed by atoms with E-state index in [0.717, 1.165) is 41.5 Å². The van der Waals surface area contributed by atoms with Crippen LogP contribution in [0.25, 0.3) is 0 Å². The van der Waals surface area contributed by atoms with Crippen molar-refractivity contribution in [2.75, 3.05) is 0 Å². The van der Waals surface area contributed by atoms with Crippen molar-refractivity contribution in [3.8, 4) is 0 Å². The van der Waals surface area contributed by atoms with E-state index in [2.05, 4.69) is 16.9 Å². The maximum Gasteiger partial charge on any atom is 0.307 e. The zero-order valence-electron chi connectivity index (χ0n) is 11.9. The summed E-state index contributed by atoms with van der Waals surface area (Å²) in [6, 6.07) is 0. The summed E-state index contributed by atoms with van der Waals surface area (Å²) in [5.74, 6) is 1.35. The Labute approximate surface area is 114 Å². The molecule has 4 heteroatoms. The number of aromatic nitrogens is 2. The number of carboxylic acids is 1. The summed E-state index contributed by atoms with van der Waals surface area (Å²) in [6.45, 7) is 6.08. The minimum Gasteiger partial charge on any atom is -0.481 e. The Balaban J connectivity index is 2.22. The molecule has 19 heavy (non-hydrogen) atoms. The summed E-state index contributed by atoms with van der Waals surface area (Å²) in [4.78, 5) is 20.0. The number of rotatable bonds is 3. The smallest absolute Gasteiger partial charge is 0.307 e. The Morgan fingerprint density at radius 2 is 1.68 bits per heavy atom. The van der Waals surface area contributed by atoms with E-state index in [1.165, 1.54) is 12.8 Å². The second-order valence-electron chi connectivity index (χ2n) is 5.76. The minimum atomic E-state index is -0.825. The molecule has 1 fully saturated rings. The van der Waals surface area contributed by atoms with Crippen LogP contribution in [0.5, 0.6) is 0 Å².